The molecule has 0 radical (unpaired) electrons. The molecule has 1 aliphatic rings. The first kappa shape index (κ1) is 16.1. The maximum Gasteiger partial charge on any atom is 0.306 e. The first-order valence-corrected chi connectivity index (χ1v) is 8.05. The first-order valence-electron chi connectivity index (χ1n) is 8.05. The Kier molecular flexibility index (Phi) is 4.04. The van der Waals surface area contributed by atoms with Crippen LogP contribution < -0.4 is 9.47 Å². The molecule has 0 saturated carbocycles. The Bertz CT molecular complexity index is 989. The summed E-state index contributed by atoms with van der Waals surface area (Å²) in [5, 5.41) is 10.5. The normalized spacial score (nSPS) is 13.6. The number of methoxy groups -OCH3 is 1. The second-order valence-electron chi connectivity index (χ2n) is 5.90. The van der Waals surface area contributed by atoms with E-state index in [2.05, 4.69) is 9.97 Å². The number of phenols is 1. The van der Waals surface area contributed by atoms with Crippen LogP contribution in [-0.4, -0.2) is 34.9 Å². The van der Waals surface area contributed by atoms with Crippen molar-refractivity contribution in [2.45, 2.75) is 12.3 Å². The molecule has 3 aromatic rings. The van der Waals surface area contributed by atoms with Crippen LogP contribution in [0.1, 0.15) is 23.5 Å². The summed E-state index contributed by atoms with van der Waals surface area (Å²) in [4.78, 5) is 20.6. The monoisotopic (exact) mass is 352 g/mol. The predicted molar refractivity (Wildman–Crippen MR) is 92.2 cm³/mol. The van der Waals surface area contributed by atoms with Crippen LogP contribution in [0.2, 0.25) is 0 Å². The molecule has 7 nitrogen and oxygen atoms in total. The van der Waals surface area contributed by atoms with Crippen molar-refractivity contribution in [2.75, 3.05) is 13.9 Å². The quantitative estimate of drug-likeness (QED) is 0.722. The molecule has 0 aliphatic carbocycles. The molecule has 1 aliphatic heterocycles. The minimum atomic E-state index is -0.427. The zero-order valence-electron chi connectivity index (χ0n) is 14.0. The van der Waals surface area contributed by atoms with Gasteiger partial charge in [-0.15, -0.1) is 0 Å². The topological polar surface area (TPSA) is 90.8 Å². The van der Waals surface area contributed by atoms with Gasteiger partial charge in [-0.1, -0.05) is 6.07 Å². The molecule has 0 spiro atoms. The van der Waals surface area contributed by atoms with Gasteiger partial charge >= 0.3 is 5.97 Å². The number of esters is 1. The highest BCUT2D eigenvalue weighted by Crippen LogP contribution is 2.43. The van der Waals surface area contributed by atoms with Gasteiger partial charge in [0.25, 0.3) is 0 Å². The maximum atomic E-state index is 12.0. The molecule has 1 aromatic heterocycles. The van der Waals surface area contributed by atoms with Crippen molar-refractivity contribution < 1.29 is 24.1 Å². The molecular formula is C19H16N2O5. The number of rotatable bonds is 4. The number of phenolic OH excluding ortho intramolecular Hbond substituents is 1. The van der Waals surface area contributed by atoms with E-state index in [9.17, 15) is 9.90 Å². The lowest BCUT2D eigenvalue weighted by molar-refractivity contribution is -0.140. The van der Waals surface area contributed by atoms with Crippen LogP contribution in [0.25, 0.3) is 11.0 Å². The van der Waals surface area contributed by atoms with Gasteiger partial charge in [0, 0.05) is 29.9 Å². The number of ether oxygens (including phenoxy) is 3. The zero-order chi connectivity index (χ0) is 18.1. The number of fused-ring (bicyclic) bond motifs is 2. The summed E-state index contributed by atoms with van der Waals surface area (Å²) in [5.41, 5.74) is 2.84. The van der Waals surface area contributed by atoms with Crippen molar-refractivity contribution in [3.8, 4) is 17.2 Å². The summed E-state index contributed by atoms with van der Waals surface area (Å²) in [6.45, 7) is 0.103. The average Bonchev–Trinajstić information content (AvgIpc) is 3.12. The van der Waals surface area contributed by atoms with Crippen LogP contribution in [0.15, 0.2) is 42.7 Å². The molecule has 0 fully saturated rings. The van der Waals surface area contributed by atoms with Gasteiger partial charge in [0.05, 0.1) is 24.6 Å². The van der Waals surface area contributed by atoms with Crippen molar-refractivity contribution in [1.29, 1.82) is 0 Å². The van der Waals surface area contributed by atoms with E-state index in [0.717, 1.165) is 11.1 Å². The van der Waals surface area contributed by atoms with Crippen molar-refractivity contribution in [2.24, 2.45) is 0 Å². The van der Waals surface area contributed by atoms with Gasteiger partial charge in [-0.25, -0.2) is 0 Å². The van der Waals surface area contributed by atoms with Crippen LogP contribution >= 0.6 is 0 Å². The summed E-state index contributed by atoms with van der Waals surface area (Å²) >= 11 is 0. The van der Waals surface area contributed by atoms with Gasteiger partial charge in [-0.05, 0) is 23.8 Å². The minimum Gasteiger partial charge on any atom is -0.508 e. The molecule has 7 heteroatoms. The van der Waals surface area contributed by atoms with Gasteiger partial charge in [0.15, 0.2) is 11.5 Å². The van der Waals surface area contributed by atoms with Crippen molar-refractivity contribution in [3.05, 3.63) is 53.9 Å². The second-order valence-corrected chi connectivity index (χ2v) is 5.90. The summed E-state index contributed by atoms with van der Waals surface area (Å²) in [6, 6.07) is 8.77. The molecule has 26 heavy (non-hydrogen) atoms. The summed E-state index contributed by atoms with van der Waals surface area (Å²) in [5.74, 6) is 0.234. The second kappa shape index (κ2) is 6.51. The lowest BCUT2D eigenvalue weighted by atomic mass is 9.87. The highest BCUT2D eigenvalue weighted by Gasteiger charge is 2.26. The van der Waals surface area contributed by atoms with Crippen LogP contribution in [0.3, 0.4) is 0 Å². The molecule has 2 aromatic carbocycles. The summed E-state index contributed by atoms with van der Waals surface area (Å²) in [7, 11) is 1.34. The Morgan fingerprint density at radius 2 is 1.88 bits per heavy atom. The zero-order valence-corrected chi connectivity index (χ0v) is 14.0. The number of hydrogen-bond donors (Lipinski definition) is 1. The Hall–Kier alpha value is -3.35. The largest absolute Gasteiger partial charge is 0.508 e. The van der Waals surface area contributed by atoms with Gasteiger partial charge in [-0.3, -0.25) is 14.8 Å². The van der Waals surface area contributed by atoms with E-state index in [-0.39, 0.29) is 24.9 Å². The lowest BCUT2D eigenvalue weighted by Gasteiger charge is -2.19. The Balaban J connectivity index is 1.82. The maximum absolute atomic E-state index is 12.0. The number of carbonyl (C=O) groups excluding carboxylic acids is 1. The number of benzene rings is 2. The Morgan fingerprint density at radius 3 is 2.65 bits per heavy atom. The highest BCUT2D eigenvalue weighted by atomic mass is 16.7. The molecular weight excluding hydrogens is 336 g/mol. The molecule has 0 amide bonds. The fraction of sp³-hybridized carbons (Fsp3) is 0.211. The van der Waals surface area contributed by atoms with Crippen molar-refractivity contribution >= 4 is 17.0 Å². The van der Waals surface area contributed by atoms with E-state index in [1.807, 2.05) is 18.2 Å². The standard InChI is InChI=1S/C19H16N2O5/c1-24-19(23)8-12(11-2-3-14-15(6-11)21-5-4-20-14)13-7-17-18(9-16(13)22)26-10-25-17/h2-7,9,12,22H,8,10H2,1H3/t12-/m1/s1. The fourth-order valence-electron chi connectivity index (χ4n) is 3.08. The van der Waals surface area contributed by atoms with Crippen molar-refractivity contribution in [1.82, 2.24) is 9.97 Å². The SMILES string of the molecule is COC(=O)C[C@H](c1ccc2nccnc2c1)c1cc2c(cc1O)OCO2. The fourth-order valence-corrected chi connectivity index (χ4v) is 3.08. The number of hydrogen-bond acceptors (Lipinski definition) is 7. The first-order chi connectivity index (χ1) is 12.7. The van der Waals surface area contributed by atoms with Gasteiger partial charge < -0.3 is 19.3 Å². The molecule has 1 N–H and O–H groups in total. The number of aromatic hydroxyl groups is 1. The molecule has 0 bridgehead atoms. The van der Waals surface area contributed by atoms with E-state index < -0.39 is 5.92 Å². The molecule has 4 rings (SSSR count). The van der Waals surface area contributed by atoms with E-state index in [1.54, 1.807) is 18.5 Å². The number of nitrogens with zero attached hydrogens (tertiary/aromatic N) is 2. The summed E-state index contributed by atoms with van der Waals surface area (Å²) < 4.78 is 15.5. The molecule has 1 atom stereocenters. The Morgan fingerprint density at radius 1 is 1.15 bits per heavy atom. The third-order valence-corrected chi connectivity index (χ3v) is 4.39. The lowest BCUT2D eigenvalue weighted by Crippen LogP contribution is -2.10. The number of aromatic nitrogens is 2. The highest BCUT2D eigenvalue weighted by molar-refractivity contribution is 5.76. The third-order valence-electron chi connectivity index (χ3n) is 4.39. The van der Waals surface area contributed by atoms with E-state index in [1.165, 1.54) is 13.2 Å². The van der Waals surface area contributed by atoms with Gasteiger partial charge in [0.2, 0.25) is 6.79 Å². The van der Waals surface area contributed by atoms with Gasteiger partial charge in [-0.2, -0.15) is 0 Å². The van der Waals surface area contributed by atoms with Crippen LogP contribution in [0, 0.1) is 0 Å². The molecule has 0 unspecified atom stereocenters. The van der Waals surface area contributed by atoms with E-state index in [4.69, 9.17) is 14.2 Å². The van der Waals surface area contributed by atoms with Crippen LogP contribution in [0.4, 0.5) is 0 Å². The van der Waals surface area contributed by atoms with Gasteiger partial charge in [0.1, 0.15) is 5.75 Å². The molecule has 0 saturated heterocycles. The molecule has 2 heterocycles. The third kappa shape index (κ3) is 2.88. The summed E-state index contributed by atoms with van der Waals surface area (Å²) in [6.07, 6.45) is 3.30. The average molecular weight is 352 g/mol. The van der Waals surface area contributed by atoms with Crippen molar-refractivity contribution in [3.63, 3.8) is 0 Å². The van der Waals surface area contributed by atoms with Crippen LogP contribution in [0.5, 0.6) is 17.2 Å². The number of carbonyl (C=O) groups is 1. The molecule has 132 valence electrons. The Labute approximate surface area is 149 Å². The minimum absolute atomic E-state index is 0.0300. The smallest absolute Gasteiger partial charge is 0.306 e. The van der Waals surface area contributed by atoms with E-state index in [0.29, 0.717) is 22.6 Å². The van der Waals surface area contributed by atoms with E-state index >= 15 is 0 Å². The van der Waals surface area contributed by atoms with Crippen LogP contribution in [-0.2, 0) is 9.53 Å². The predicted octanol–water partition coefficient (Wildman–Crippen LogP) is 2.76.